The highest BCUT2D eigenvalue weighted by molar-refractivity contribution is 5.87. The van der Waals surface area contributed by atoms with Crippen LogP contribution in [-0.4, -0.2) is 12.1 Å². The van der Waals surface area contributed by atoms with Crippen LogP contribution in [0.3, 0.4) is 0 Å². The van der Waals surface area contributed by atoms with E-state index in [-0.39, 0.29) is 12.1 Å². The largest absolute Gasteiger partial charge is 0.459 e. The van der Waals surface area contributed by atoms with Gasteiger partial charge in [0, 0.05) is 5.57 Å². The van der Waals surface area contributed by atoms with Crippen LogP contribution in [0.15, 0.2) is 12.2 Å². The SMILES string of the molecule is C=C(CC)C(=O)OC(C)C(CC)CCC. The minimum Gasteiger partial charge on any atom is -0.459 e. The molecule has 0 aromatic heterocycles. The normalized spacial score (nSPS) is 14.4. The molecule has 0 spiro atoms. The van der Waals surface area contributed by atoms with Crippen LogP contribution in [0.25, 0.3) is 0 Å². The van der Waals surface area contributed by atoms with Crippen LogP contribution in [0.5, 0.6) is 0 Å². The van der Waals surface area contributed by atoms with Gasteiger partial charge in [0.15, 0.2) is 0 Å². The summed E-state index contributed by atoms with van der Waals surface area (Å²) in [5, 5.41) is 0. The molecule has 0 aromatic rings. The maximum Gasteiger partial charge on any atom is 0.333 e. The number of ether oxygens (including phenoxy) is 1. The fourth-order valence-electron chi connectivity index (χ4n) is 1.63. The molecule has 0 saturated carbocycles. The summed E-state index contributed by atoms with van der Waals surface area (Å²) in [5.41, 5.74) is 0.563. The molecule has 0 bridgehead atoms. The topological polar surface area (TPSA) is 26.3 Å². The lowest BCUT2D eigenvalue weighted by atomic mass is 9.95. The lowest BCUT2D eigenvalue weighted by molar-refractivity contribution is -0.146. The summed E-state index contributed by atoms with van der Waals surface area (Å²) in [4.78, 5) is 11.5. The third kappa shape index (κ3) is 5.01. The van der Waals surface area contributed by atoms with Crippen molar-refractivity contribution in [2.24, 2.45) is 5.92 Å². The van der Waals surface area contributed by atoms with Crippen molar-refractivity contribution in [3.05, 3.63) is 12.2 Å². The summed E-state index contributed by atoms with van der Waals surface area (Å²) in [6.45, 7) is 11.9. The predicted octanol–water partition coefficient (Wildman–Crippen LogP) is 3.71. The van der Waals surface area contributed by atoms with Gasteiger partial charge in [0.05, 0.1) is 0 Å². The summed E-state index contributed by atoms with van der Waals surface area (Å²) >= 11 is 0. The molecule has 0 aliphatic rings. The number of hydrogen-bond donors (Lipinski definition) is 0. The van der Waals surface area contributed by atoms with Gasteiger partial charge in [-0.2, -0.15) is 0 Å². The van der Waals surface area contributed by atoms with Crippen LogP contribution in [0.4, 0.5) is 0 Å². The van der Waals surface area contributed by atoms with Crippen LogP contribution in [-0.2, 0) is 9.53 Å². The Morgan fingerprint density at radius 1 is 1.33 bits per heavy atom. The Morgan fingerprint density at radius 3 is 2.33 bits per heavy atom. The van der Waals surface area contributed by atoms with Gasteiger partial charge in [0.1, 0.15) is 6.10 Å². The van der Waals surface area contributed by atoms with Crippen LogP contribution >= 0.6 is 0 Å². The summed E-state index contributed by atoms with van der Waals surface area (Å²) in [6, 6.07) is 0. The van der Waals surface area contributed by atoms with Crippen molar-refractivity contribution in [1.82, 2.24) is 0 Å². The molecule has 0 aromatic carbocycles. The first-order valence-corrected chi connectivity index (χ1v) is 5.95. The second kappa shape index (κ2) is 7.49. The molecule has 0 heterocycles. The van der Waals surface area contributed by atoms with E-state index >= 15 is 0 Å². The highest BCUT2D eigenvalue weighted by Crippen LogP contribution is 2.19. The van der Waals surface area contributed by atoms with Gasteiger partial charge >= 0.3 is 5.97 Å². The molecule has 2 nitrogen and oxygen atoms in total. The van der Waals surface area contributed by atoms with Crippen molar-refractivity contribution in [2.45, 2.75) is 59.5 Å². The maximum atomic E-state index is 11.5. The van der Waals surface area contributed by atoms with E-state index in [9.17, 15) is 4.79 Å². The number of hydrogen-bond acceptors (Lipinski definition) is 2. The Hall–Kier alpha value is -0.790. The molecular formula is C13H24O2. The molecule has 88 valence electrons. The van der Waals surface area contributed by atoms with Gasteiger partial charge in [-0.05, 0) is 32.1 Å². The zero-order valence-corrected chi connectivity index (χ0v) is 10.5. The van der Waals surface area contributed by atoms with E-state index in [1.54, 1.807) is 0 Å². The predicted molar refractivity (Wildman–Crippen MR) is 63.7 cm³/mol. The van der Waals surface area contributed by atoms with Gasteiger partial charge in [0.25, 0.3) is 0 Å². The summed E-state index contributed by atoms with van der Waals surface area (Å²) in [7, 11) is 0. The molecule has 0 saturated heterocycles. The number of rotatable bonds is 7. The minimum atomic E-state index is -0.237. The van der Waals surface area contributed by atoms with Gasteiger partial charge in [-0.3, -0.25) is 0 Å². The van der Waals surface area contributed by atoms with Crippen LogP contribution in [0.2, 0.25) is 0 Å². The van der Waals surface area contributed by atoms with E-state index in [1.807, 2.05) is 13.8 Å². The molecule has 0 aliphatic heterocycles. The molecule has 0 amide bonds. The average Bonchev–Trinajstić information content (AvgIpc) is 2.24. The fraction of sp³-hybridized carbons (Fsp3) is 0.769. The molecule has 0 aliphatic carbocycles. The smallest absolute Gasteiger partial charge is 0.333 e. The van der Waals surface area contributed by atoms with Gasteiger partial charge in [-0.15, -0.1) is 0 Å². The van der Waals surface area contributed by atoms with Crippen molar-refractivity contribution in [2.75, 3.05) is 0 Å². The van der Waals surface area contributed by atoms with Gasteiger partial charge in [-0.1, -0.05) is 33.8 Å². The highest BCUT2D eigenvalue weighted by Gasteiger charge is 2.19. The summed E-state index contributed by atoms with van der Waals surface area (Å²) < 4.78 is 5.37. The van der Waals surface area contributed by atoms with Crippen molar-refractivity contribution >= 4 is 5.97 Å². The first-order valence-electron chi connectivity index (χ1n) is 5.95. The Morgan fingerprint density at radius 2 is 1.93 bits per heavy atom. The second-order valence-electron chi connectivity index (χ2n) is 4.02. The third-order valence-corrected chi connectivity index (χ3v) is 2.86. The molecule has 2 atom stereocenters. The average molecular weight is 212 g/mol. The highest BCUT2D eigenvalue weighted by atomic mass is 16.5. The Labute approximate surface area is 93.7 Å². The van der Waals surface area contributed by atoms with E-state index in [0.717, 1.165) is 19.3 Å². The zero-order valence-electron chi connectivity index (χ0n) is 10.5. The third-order valence-electron chi connectivity index (χ3n) is 2.86. The van der Waals surface area contributed by atoms with E-state index < -0.39 is 0 Å². The van der Waals surface area contributed by atoms with Gasteiger partial charge in [-0.25, -0.2) is 4.79 Å². The summed E-state index contributed by atoms with van der Waals surface area (Å²) in [5.74, 6) is 0.239. The quantitative estimate of drug-likeness (QED) is 0.475. The molecule has 0 N–H and O–H groups in total. The molecule has 0 radical (unpaired) electrons. The van der Waals surface area contributed by atoms with Crippen molar-refractivity contribution in [3.63, 3.8) is 0 Å². The lowest BCUT2D eigenvalue weighted by Gasteiger charge is -2.22. The molecule has 2 unspecified atom stereocenters. The Kier molecular flexibility index (Phi) is 7.10. The standard InChI is InChI=1S/C13H24O2/c1-6-9-12(8-3)11(5)15-13(14)10(4)7-2/h11-12H,4,6-9H2,1-3,5H3. The monoisotopic (exact) mass is 212 g/mol. The van der Waals surface area contributed by atoms with Crippen molar-refractivity contribution in [3.8, 4) is 0 Å². The lowest BCUT2D eigenvalue weighted by Crippen LogP contribution is -2.24. The number of carbonyl (C=O) groups excluding carboxylic acids is 1. The van der Waals surface area contributed by atoms with E-state index in [1.165, 1.54) is 0 Å². The Balaban J connectivity index is 4.14. The molecular weight excluding hydrogens is 188 g/mol. The van der Waals surface area contributed by atoms with Crippen LogP contribution < -0.4 is 0 Å². The van der Waals surface area contributed by atoms with E-state index in [4.69, 9.17) is 4.74 Å². The summed E-state index contributed by atoms with van der Waals surface area (Å²) in [6.07, 6.45) is 3.97. The number of carbonyl (C=O) groups is 1. The van der Waals surface area contributed by atoms with Crippen LogP contribution in [0.1, 0.15) is 53.4 Å². The maximum absolute atomic E-state index is 11.5. The molecule has 0 fully saturated rings. The number of esters is 1. The van der Waals surface area contributed by atoms with E-state index in [2.05, 4.69) is 20.4 Å². The first kappa shape index (κ1) is 14.2. The zero-order chi connectivity index (χ0) is 11.8. The van der Waals surface area contributed by atoms with E-state index in [0.29, 0.717) is 17.9 Å². The minimum absolute atomic E-state index is 0.00532. The Bertz CT molecular complexity index is 209. The first-order chi connectivity index (χ1) is 7.06. The van der Waals surface area contributed by atoms with Gasteiger partial charge < -0.3 is 4.74 Å². The second-order valence-corrected chi connectivity index (χ2v) is 4.02. The van der Waals surface area contributed by atoms with Crippen molar-refractivity contribution in [1.29, 1.82) is 0 Å². The fourth-order valence-corrected chi connectivity index (χ4v) is 1.63. The molecule has 15 heavy (non-hydrogen) atoms. The molecule has 0 rings (SSSR count). The van der Waals surface area contributed by atoms with Gasteiger partial charge in [0.2, 0.25) is 0 Å². The van der Waals surface area contributed by atoms with Crippen molar-refractivity contribution < 1.29 is 9.53 Å². The molecule has 2 heteroatoms. The van der Waals surface area contributed by atoms with Crippen LogP contribution in [0, 0.1) is 5.92 Å².